The van der Waals surface area contributed by atoms with Crippen LogP contribution >= 0.6 is 11.6 Å². The first-order valence-electron chi connectivity index (χ1n) is 41.4. The monoisotopic (exact) mass is 1740 g/mol. The summed E-state index contributed by atoms with van der Waals surface area (Å²) < 4.78 is 43.7. The molecule has 37 nitrogen and oxygen atoms in total. The number of anilines is 1. The molecule has 15 bridgehead atoms. The van der Waals surface area contributed by atoms with Crippen LogP contribution in [-0.4, -0.2) is 209 Å². The number of hydrogen-bond donors (Lipinski definition) is 20. The smallest absolute Gasteiger partial charge is 0.407 e. The van der Waals surface area contributed by atoms with Crippen LogP contribution in [0.1, 0.15) is 136 Å². The molecule has 6 aromatic carbocycles. The Morgan fingerprint density at radius 2 is 1.27 bits per heavy atom. The van der Waals surface area contributed by atoms with Gasteiger partial charge in [0.15, 0.2) is 29.1 Å². The fourth-order valence-corrected chi connectivity index (χ4v) is 18.0. The Morgan fingerprint density at radius 1 is 0.629 bits per heavy atom. The molecule has 11 aliphatic rings. The number of nitrogens with one attached hydrogen (secondary N) is 13. The number of alkyl carbamates (subject to hydrolysis) is 1. The summed E-state index contributed by atoms with van der Waals surface area (Å²) in [5.74, 6) is -12.3. The number of hydrogen-bond acceptors (Lipinski definition) is 27. The predicted molar refractivity (Wildman–Crippen MR) is 442 cm³/mol. The fraction of sp³-hybridized carbons (Fsp3) is 0.465. The third kappa shape index (κ3) is 19.6. The molecule has 0 aromatic heterocycles. The van der Waals surface area contributed by atoms with E-state index < -0.39 is 191 Å². The van der Waals surface area contributed by atoms with Gasteiger partial charge in [0.05, 0.1) is 24.0 Å². The van der Waals surface area contributed by atoms with Crippen LogP contribution in [0.4, 0.5) is 15.3 Å². The van der Waals surface area contributed by atoms with Crippen LogP contribution in [-0.2, 0) is 47.8 Å². The minimum Gasteiger partial charge on any atom is -0.508 e. The largest absolute Gasteiger partial charge is 0.508 e. The third-order valence-corrected chi connectivity index (χ3v) is 24.0. The number of ether oxygens (including phenoxy) is 7. The molecular formula is C86H102ClN13O24. The number of aromatic hydroxyl groups is 3. The van der Waals surface area contributed by atoms with Crippen LogP contribution in [0.2, 0.25) is 5.02 Å². The molecule has 11 amide bonds. The van der Waals surface area contributed by atoms with Crippen molar-refractivity contribution in [3.63, 3.8) is 0 Å². The Morgan fingerprint density at radius 3 is 1.94 bits per heavy atom. The summed E-state index contributed by atoms with van der Waals surface area (Å²) in [5.41, 5.74) is -1.72. The molecular weight excluding hydrogens is 1630 g/mol. The van der Waals surface area contributed by atoms with E-state index in [4.69, 9.17) is 44.8 Å². The number of aliphatic hydroxyl groups is 4. The number of phenolic OH excluding ortho intramolecular Hbond substituents is 3. The number of rotatable bonds is 22. The number of urea groups is 1. The van der Waals surface area contributed by atoms with E-state index in [1.165, 1.54) is 62.5 Å². The van der Waals surface area contributed by atoms with Crippen molar-refractivity contribution in [2.24, 2.45) is 29.6 Å². The molecule has 0 unspecified atom stereocenters. The van der Waals surface area contributed by atoms with Crippen LogP contribution < -0.4 is 92.8 Å². The lowest BCUT2D eigenvalue weighted by atomic mass is 9.54. The first-order chi connectivity index (χ1) is 59.4. The number of carbonyl (C=O) groups excluding carboxylic acids is 10. The number of amides is 11. The second-order valence-electron chi connectivity index (χ2n) is 32.8. The minimum atomic E-state index is -2.37. The van der Waals surface area contributed by atoms with Gasteiger partial charge in [-0.15, -0.1) is 0 Å². The standard InChI is InChI=1S/C86H102ClN13O24/c1-7-89-17-19-118-58-16-12-47(32-59(58)119-20-18-90-8-2)92-85(116)94-63(104)35-53-78(110)96-67-46-30-60(120-56-14-10-42(22-38(56)5)71(105)69(82(114)93-53)99-77(109)52(88-6)21-37(3)4)75(123-84-74(108)73(107)76-62(122-84)36-91-86(117)124-76)61(31-46)121-57-15-11-43(29-51(57)87)72(106)70-83(115)98-68(81(113)95-65-44-24-39-23-40(26-44)27-45(65)25-39)50-33-48(101)34-55(103)64(50)49-28-41(9-13-54(49)102)66(79(111)100-70)97-80(67)112/h9-16,22,28-34,37,39-40,44-45,52-53,62,65-74,76,84,88-90,101-103,105-108H,7-8,17-21,23-27,35-36H2,1-6H3,(H,91,117)(H,93,114)(H,95,113)(H,96,110)(H,97,112)(H,98,115)(H,99,109)(H,100,111)(H2,92,94,104,116)/t39?,40?,44?,45?,52-,53+,62-,65?,66-,67-,68+,69-,70+,71-,72-,73-,74-,76-,84+/m1/s1. The Hall–Kier alpha value is -11.8. The lowest BCUT2D eigenvalue weighted by Crippen LogP contribution is -2.65. The number of likely N-dealkylation sites (N-methyl/N-ethyl adjacent to an activating group) is 3. The molecule has 124 heavy (non-hydrogen) atoms. The van der Waals surface area contributed by atoms with Gasteiger partial charge in [-0.1, -0.05) is 57.5 Å². The van der Waals surface area contributed by atoms with Crippen LogP contribution in [0.15, 0.2) is 97.1 Å². The Kier molecular flexibility index (Phi) is 27.2. The van der Waals surface area contributed by atoms with Crippen molar-refractivity contribution < 1.29 is 117 Å². The summed E-state index contributed by atoms with van der Waals surface area (Å²) in [6.07, 6.45) is -10.3. The fourth-order valence-electron chi connectivity index (χ4n) is 17.8. The van der Waals surface area contributed by atoms with E-state index in [9.17, 15) is 54.9 Å². The van der Waals surface area contributed by atoms with Gasteiger partial charge in [0, 0.05) is 48.1 Å². The number of imide groups is 1. The first kappa shape index (κ1) is 88.5. The summed E-state index contributed by atoms with van der Waals surface area (Å²) in [7, 11) is 1.49. The quantitative estimate of drug-likeness (QED) is 0.0427. The topological polar surface area (TPSA) is 533 Å². The zero-order valence-corrected chi connectivity index (χ0v) is 69.4. The maximum absolute atomic E-state index is 16.6. The Labute approximate surface area is 716 Å². The molecule has 2 saturated heterocycles. The molecule has 14 atom stereocenters. The Balaban J connectivity index is 0.924. The van der Waals surface area contributed by atoms with Crippen molar-refractivity contribution in [3.8, 4) is 68.6 Å². The number of aryl methyl sites for hydroxylation is 1. The number of benzene rings is 6. The lowest BCUT2D eigenvalue weighted by molar-refractivity contribution is -0.275. The van der Waals surface area contributed by atoms with E-state index in [2.05, 4.69) is 69.1 Å². The van der Waals surface area contributed by atoms with Gasteiger partial charge in [-0.25, -0.2) is 9.59 Å². The highest BCUT2D eigenvalue weighted by atomic mass is 35.5. The molecule has 7 aliphatic heterocycles. The number of aliphatic hydroxyl groups excluding tert-OH is 4. The number of halogens is 1. The van der Waals surface area contributed by atoms with Gasteiger partial charge in [-0.2, -0.15) is 0 Å². The number of fused-ring (bicyclic) bond motifs is 16. The van der Waals surface area contributed by atoms with Crippen LogP contribution in [0, 0.1) is 36.5 Å². The highest BCUT2D eigenvalue weighted by Crippen LogP contribution is 2.55. The maximum Gasteiger partial charge on any atom is 0.407 e. The van der Waals surface area contributed by atoms with Gasteiger partial charge in [0.1, 0.15) is 109 Å². The van der Waals surface area contributed by atoms with Crippen molar-refractivity contribution >= 4 is 76.7 Å². The normalized spacial score (nSPS) is 27.1. The molecule has 6 fully saturated rings. The SMILES string of the molecule is CCNCCOc1ccc(NC(=O)NC(=O)C[C@@H]2NC(=O)[C@H](NC(=O)[C@@H](CC(C)C)NC)[C@H](O)c3ccc(c(C)c3)Oc3cc4cc(c3O[C@@H]3O[C@@H]5CNC(=O)O[C@H]5[C@H](O)[C@H]3O)Oc3ccc(cc3Cl)[C@@H](O)[C@@H]3NC(=O)[C@H](NC(=O)[C@@H]4NC2=O)c2ccc(O)c(c2)-c2c(O)cc(O)cc2[C@@H](C(=O)NC2C4CC5CC(C4)CC2C5)NC3=O)cc1OCCNCC. The van der Waals surface area contributed by atoms with E-state index in [0.29, 0.717) is 43.8 Å². The van der Waals surface area contributed by atoms with Crippen LogP contribution in [0.5, 0.6) is 57.5 Å². The van der Waals surface area contributed by atoms with Crippen molar-refractivity contribution in [1.29, 1.82) is 0 Å². The highest BCUT2D eigenvalue weighted by molar-refractivity contribution is 6.32. The molecule has 0 spiro atoms. The molecule has 20 N–H and O–H groups in total. The molecule has 662 valence electrons. The van der Waals surface area contributed by atoms with Gasteiger partial charge >= 0.3 is 12.1 Å². The molecule has 6 aromatic rings. The van der Waals surface area contributed by atoms with Gasteiger partial charge in [-0.05, 0) is 195 Å². The van der Waals surface area contributed by atoms with E-state index in [-0.39, 0.29) is 117 Å². The number of phenols is 3. The molecule has 0 radical (unpaired) electrons. The summed E-state index contributed by atoms with van der Waals surface area (Å²) in [6.45, 7) is 11.4. The van der Waals surface area contributed by atoms with Crippen LogP contribution in [0.3, 0.4) is 0 Å². The summed E-state index contributed by atoms with van der Waals surface area (Å²) in [4.78, 5) is 152. The summed E-state index contributed by atoms with van der Waals surface area (Å²) in [5, 5.41) is 120. The van der Waals surface area contributed by atoms with E-state index in [1.54, 1.807) is 0 Å². The van der Waals surface area contributed by atoms with Gasteiger partial charge in [0.25, 0.3) is 0 Å². The minimum absolute atomic E-state index is 0.0498. The van der Waals surface area contributed by atoms with Gasteiger partial charge in [-0.3, -0.25) is 43.7 Å². The van der Waals surface area contributed by atoms with Crippen molar-refractivity contribution in [2.45, 2.75) is 171 Å². The van der Waals surface area contributed by atoms with Crippen LogP contribution in [0.25, 0.3) is 11.1 Å². The average molecular weight is 1740 g/mol. The predicted octanol–water partition coefficient (Wildman–Crippen LogP) is 3.97. The van der Waals surface area contributed by atoms with Crippen molar-refractivity contribution in [3.05, 3.63) is 135 Å². The van der Waals surface area contributed by atoms with E-state index >= 15 is 28.8 Å². The van der Waals surface area contributed by atoms with Gasteiger partial charge < -0.3 is 133 Å². The third-order valence-electron chi connectivity index (χ3n) is 23.7. The highest BCUT2D eigenvalue weighted by Gasteiger charge is 2.53. The second-order valence-corrected chi connectivity index (χ2v) is 33.2. The zero-order chi connectivity index (χ0) is 88.2. The zero-order valence-electron chi connectivity index (χ0n) is 68.6. The number of carbonyl (C=O) groups is 10. The van der Waals surface area contributed by atoms with E-state index in [0.717, 1.165) is 80.6 Å². The summed E-state index contributed by atoms with van der Waals surface area (Å²) >= 11 is 7.24. The van der Waals surface area contributed by atoms with Crippen molar-refractivity contribution in [1.82, 2.24) is 63.8 Å². The van der Waals surface area contributed by atoms with Crippen molar-refractivity contribution in [2.75, 3.05) is 58.3 Å². The molecule has 38 heteroatoms. The second kappa shape index (κ2) is 38.1. The lowest BCUT2D eigenvalue weighted by Gasteiger charge is -2.54. The molecule has 17 rings (SSSR count). The Bertz CT molecular complexity index is 5070. The molecule has 4 saturated carbocycles. The summed E-state index contributed by atoms with van der Waals surface area (Å²) in [6, 6.07) is 4.06. The first-order valence-corrected chi connectivity index (χ1v) is 41.8. The average Bonchev–Trinajstić information content (AvgIpc) is 0.755. The molecule has 7 heterocycles. The maximum atomic E-state index is 16.6. The van der Waals surface area contributed by atoms with Gasteiger partial charge in [0.2, 0.25) is 59.3 Å². The van der Waals surface area contributed by atoms with E-state index in [1.807, 2.05) is 27.7 Å². The molecule has 4 aliphatic carbocycles.